The fraction of sp³-hybridized carbons (Fsp3) is 0.320. The topological polar surface area (TPSA) is 93.5 Å². The van der Waals surface area contributed by atoms with Gasteiger partial charge in [0.05, 0.1) is 18.7 Å². The molecule has 0 unspecified atom stereocenters. The van der Waals surface area contributed by atoms with Crippen LogP contribution >= 0.6 is 0 Å². The molecule has 0 aliphatic carbocycles. The minimum Gasteiger partial charge on any atom is -0.494 e. The number of hydrazine groups is 1. The Bertz CT molecular complexity index is 1010. The molecular weight excluding hydrogens is 406 g/mol. The summed E-state index contributed by atoms with van der Waals surface area (Å²) in [7, 11) is 0. The standard InChI is InChI=1S/C25H29N3O4/c1-3-4-5-9-16-31-21-14-12-19(13-15-21)24(30)28-27-23(29)17-22-18(2)32-25(26-22)20-10-7-6-8-11-20/h6-8,10-15H,3-5,9,16-17H2,1-2H3,(H,27,29)(H,28,30). The Morgan fingerprint density at radius 2 is 1.72 bits per heavy atom. The number of benzene rings is 2. The number of nitrogens with zero attached hydrogens (tertiary/aromatic N) is 1. The largest absolute Gasteiger partial charge is 0.494 e. The Morgan fingerprint density at radius 3 is 2.44 bits per heavy atom. The van der Waals surface area contributed by atoms with Gasteiger partial charge < -0.3 is 9.15 Å². The first-order chi connectivity index (χ1) is 15.6. The fourth-order valence-electron chi connectivity index (χ4n) is 3.11. The molecule has 168 valence electrons. The number of unbranched alkanes of at least 4 members (excludes halogenated alkanes) is 3. The summed E-state index contributed by atoms with van der Waals surface area (Å²) < 4.78 is 11.3. The van der Waals surface area contributed by atoms with Gasteiger partial charge in [-0.25, -0.2) is 4.98 Å². The maximum absolute atomic E-state index is 12.3. The maximum Gasteiger partial charge on any atom is 0.269 e. The lowest BCUT2D eigenvalue weighted by Crippen LogP contribution is -2.42. The molecule has 0 spiro atoms. The molecule has 3 aromatic rings. The smallest absolute Gasteiger partial charge is 0.269 e. The van der Waals surface area contributed by atoms with Crippen molar-refractivity contribution in [3.63, 3.8) is 0 Å². The van der Waals surface area contributed by atoms with Crippen molar-refractivity contribution in [2.45, 2.75) is 46.0 Å². The van der Waals surface area contributed by atoms with Crippen LogP contribution in [0.5, 0.6) is 5.75 Å². The first-order valence-electron chi connectivity index (χ1n) is 10.9. The van der Waals surface area contributed by atoms with Crippen molar-refractivity contribution in [3.05, 3.63) is 71.6 Å². The van der Waals surface area contributed by atoms with Crippen LogP contribution < -0.4 is 15.6 Å². The molecule has 0 saturated heterocycles. The quantitative estimate of drug-likeness (QED) is 0.358. The number of aromatic nitrogens is 1. The summed E-state index contributed by atoms with van der Waals surface area (Å²) in [4.78, 5) is 29.0. The molecule has 1 aromatic heterocycles. The number of hydrogen-bond donors (Lipinski definition) is 2. The molecule has 0 atom stereocenters. The maximum atomic E-state index is 12.3. The minimum atomic E-state index is -0.408. The number of carbonyl (C=O) groups excluding carboxylic acids is 2. The Kier molecular flexibility index (Phi) is 8.43. The zero-order chi connectivity index (χ0) is 22.8. The second kappa shape index (κ2) is 11.7. The van der Waals surface area contributed by atoms with E-state index in [-0.39, 0.29) is 12.3 Å². The van der Waals surface area contributed by atoms with Gasteiger partial charge in [0.1, 0.15) is 11.5 Å². The number of rotatable bonds is 10. The van der Waals surface area contributed by atoms with Crippen molar-refractivity contribution >= 4 is 11.8 Å². The van der Waals surface area contributed by atoms with Crippen LogP contribution in [0.1, 0.15) is 54.4 Å². The molecule has 3 rings (SSSR count). The van der Waals surface area contributed by atoms with E-state index in [0.717, 1.165) is 24.2 Å². The minimum absolute atomic E-state index is 0.00669. The van der Waals surface area contributed by atoms with Crippen molar-refractivity contribution in [3.8, 4) is 17.2 Å². The van der Waals surface area contributed by atoms with Gasteiger partial charge >= 0.3 is 0 Å². The number of aryl methyl sites for hydroxylation is 1. The third-order valence-corrected chi connectivity index (χ3v) is 4.94. The molecule has 0 aliphatic heterocycles. The van der Waals surface area contributed by atoms with Gasteiger partial charge in [0, 0.05) is 11.1 Å². The first kappa shape index (κ1) is 23.1. The number of amides is 2. The third-order valence-electron chi connectivity index (χ3n) is 4.94. The van der Waals surface area contributed by atoms with Crippen LogP contribution in [0, 0.1) is 6.92 Å². The van der Waals surface area contributed by atoms with Gasteiger partial charge in [-0.2, -0.15) is 0 Å². The second-order valence-corrected chi connectivity index (χ2v) is 7.50. The van der Waals surface area contributed by atoms with E-state index in [1.54, 1.807) is 31.2 Å². The number of hydrogen-bond acceptors (Lipinski definition) is 5. The predicted molar refractivity (Wildman–Crippen MR) is 122 cm³/mol. The highest BCUT2D eigenvalue weighted by atomic mass is 16.5. The molecule has 0 fully saturated rings. The molecular formula is C25H29N3O4. The molecule has 1 heterocycles. The monoisotopic (exact) mass is 435 g/mol. The van der Waals surface area contributed by atoms with E-state index in [4.69, 9.17) is 9.15 Å². The highest BCUT2D eigenvalue weighted by molar-refractivity contribution is 5.95. The third kappa shape index (κ3) is 6.70. The average Bonchev–Trinajstić information content (AvgIpc) is 3.18. The van der Waals surface area contributed by atoms with E-state index in [1.807, 2.05) is 30.3 Å². The van der Waals surface area contributed by atoms with E-state index < -0.39 is 5.91 Å². The van der Waals surface area contributed by atoms with Crippen molar-refractivity contribution in [1.82, 2.24) is 15.8 Å². The molecule has 0 bridgehead atoms. The van der Waals surface area contributed by atoms with Crippen molar-refractivity contribution in [2.75, 3.05) is 6.61 Å². The fourth-order valence-corrected chi connectivity index (χ4v) is 3.11. The average molecular weight is 436 g/mol. The number of carbonyl (C=O) groups is 2. The first-order valence-corrected chi connectivity index (χ1v) is 10.9. The summed E-state index contributed by atoms with van der Waals surface area (Å²) in [5, 5.41) is 0. The summed E-state index contributed by atoms with van der Waals surface area (Å²) in [6.07, 6.45) is 4.55. The van der Waals surface area contributed by atoms with Gasteiger partial charge in [-0.1, -0.05) is 44.4 Å². The van der Waals surface area contributed by atoms with Gasteiger partial charge in [0.15, 0.2) is 0 Å². The summed E-state index contributed by atoms with van der Waals surface area (Å²) in [6, 6.07) is 16.3. The molecule has 0 saturated carbocycles. The van der Waals surface area contributed by atoms with E-state index in [1.165, 1.54) is 12.8 Å². The van der Waals surface area contributed by atoms with Crippen LogP contribution in [0.15, 0.2) is 59.0 Å². The SMILES string of the molecule is CCCCCCOc1ccc(C(=O)NNC(=O)Cc2nc(-c3ccccc3)oc2C)cc1. The molecule has 0 aliphatic rings. The van der Waals surface area contributed by atoms with Gasteiger partial charge in [-0.05, 0) is 49.7 Å². The molecule has 2 aromatic carbocycles. The van der Waals surface area contributed by atoms with Crippen molar-refractivity contribution in [1.29, 1.82) is 0 Å². The van der Waals surface area contributed by atoms with Crippen LogP contribution in [-0.4, -0.2) is 23.4 Å². The van der Waals surface area contributed by atoms with Crippen LogP contribution in [0.25, 0.3) is 11.5 Å². The van der Waals surface area contributed by atoms with Crippen LogP contribution in [-0.2, 0) is 11.2 Å². The van der Waals surface area contributed by atoms with Gasteiger partial charge in [0.2, 0.25) is 11.8 Å². The summed E-state index contributed by atoms with van der Waals surface area (Å²) >= 11 is 0. The summed E-state index contributed by atoms with van der Waals surface area (Å²) in [5.41, 5.74) is 6.63. The highest BCUT2D eigenvalue weighted by Crippen LogP contribution is 2.21. The van der Waals surface area contributed by atoms with E-state index in [0.29, 0.717) is 29.5 Å². The Balaban J connectivity index is 1.46. The molecule has 7 heteroatoms. The molecule has 2 N–H and O–H groups in total. The molecule has 32 heavy (non-hydrogen) atoms. The van der Waals surface area contributed by atoms with Crippen LogP contribution in [0.2, 0.25) is 0 Å². The van der Waals surface area contributed by atoms with E-state index >= 15 is 0 Å². The van der Waals surface area contributed by atoms with Crippen molar-refractivity contribution in [2.24, 2.45) is 0 Å². The number of ether oxygens (including phenoxy) is 1. The lowest BCUT2D eigenvalue weighted by atomic mass is 10.2. The van der Waals surface area contributed by atoms with Crippen LogP contribution in [0.3, 0.4) is 0 Å². The summed E-state index contributed by atoms with van der Waals surface area (Å²) in [5.74, 6) is 0.951. The summed E-state index contributed by atoms with van der Waals surface area (Å²) in [6.45, 7) is 4.59. The molecule has 2 amide bonds. The predicted octanol–water partition coefficient (Wildman–Crippen LogP) is 4.61. The Labute approximate surface area is 188 Å². The second-order valence-electron chi connectivity index (χ2n) is 7.50. The zero-order valence-corrected chi connectivity index (χ0v) is 18.5. The van der Waals surface area contributed by atoms with Crippen LogP contribution in [0.4, 0.5) is 0 Å². The normalized spacial score (nSPS) is 10.6. The Hall–Kier alpha value is -3.61. The number of nitrogens with one attached hydrogen (secondary N) is 2. The molecule has 7 nitrogen and oxygen atoms in total. The molecule has 0 radical (unpaired) electrons. The lowest BCUT2D eigenvalue weighted by Gasteiger charge is -2.09. The van der Waals surface area contributed by atoms with Gasteiger partial charge in [0.25, 0.3) is 5.91 Å². The number of oxazole rings is 1. The highest BCUT2D eigenvalue weighted by Gasteiger charge is 2.15. The van der Waals surface area contributed by atoms with Crippen molar-refractivity contribution < 1.29 is 18.7 Å². The Morgan fingerprint density at radius 1 is 0.969 bits per heavy atom. The van der Waals surface area contributed by atoms with Gasteiger partial charge in [-0.3, -0.25) is 20.4 Å². The lowest BCUT2D eigenvalue weighted by molar-refractivity contribution is -0.121. The van der Waals surface area contributed by atoms with Gasteiger partial charge in [-0.15, -0.1) is 0 Å². The van der Waals surface area contributed by atoms with E-state index in [9.17, 15) is 9.59 Å². The zero-order valence-electron chi connectivity index (χ0n) is 18.5. The van der Waals surface area contributed by atoms with E-state index in [2.05, 4.69) is 22.8 Å².